The van der Waals surface area contributed by atoms with Gasteiger partial charge in [0.1, 0.15) is 11.5 Å². The predicted octanol–water partition coefficient (Wildman–Crippen LogP) is 4.04. The zero-order chi connectivity index (χ0) is 23.3. The molecule has 1 saturated heterocycles. The van der Waals surface area contributed by atoms with Gasteiger partial charge in [0.05, 0.1) is 49.2 Å². The molecule has 0 unspecified atom stereocenters. The summed E-state index contributed by atoms with van der Waals surface area (Å²) < 4.78 is 50.1. The molecule has 0 spiro atoms. The van der Waals surface area contributed by atoms with Crippen LogP contribution in [0, 0.1) is 0 Å². The molecule has 2 atom stereocenters. The lowest BCUT2D eigenvalue weighted by molar-refractivity contribution is -0.137. The van der Waals surface area contributed by atoms with E-state index in [9.17, 15) is 18.0 Å². The number of aromatic nitrogens is 2. The Bertz CT molecular complexity index is 1230. The van der Waals surface area contributed by atoms with Crippen molar-refractivity contribution in [1.29, 1.82) is 0 Å². The number of fused-ring (bicyclic) bond motifs is 3. The van der Waals surface area contributed by atoms with E-state index < -0.39 is 17.8 Å². The highest BCUT2D eigenvalue weighted by Gasteiger charge is 2.33. The SMILES string of the molecule is C[C@@H]1OCc2c1c(N)nc1cnc(C(=O)N3CCOC[C@@H]3c3ccc(C(F)(F)F)cc3)cc21. The standard InChI is InChI=1S/C23H21F3N4O3/c1-12-20-16(10-33-12)15-8-17(28-9-18(15)29-21(20)27)22(31)30-6-7-32-11-19(30)13-2-4-14(5-3-13)23(24,25)26/h2-5,8-9,12,19H,6-7,10-11H2,1H3,(H2,27,29)/t12-,19+/m0/s1. The van der Waals surface area contributed by atoms with Crippen molar-refractivity contribution in [2.45, 2.75) is 31.9 Å². The van der Waals surface area contributed by atoms with Crippen molar-refractivity contribution < 1.29 is 27.4 Å². The number of amides is 1. The molecule has 1 aromatic carbocycles. The van der Waals surface area contributed by atoms with Gasteiger partial charge in [0, 0.05) is 17.5 Å². The molecule has 0 aliphatic carbocycles. The molecule has 2 aromatic heterocycles. The zero-order valence-electron chi connectivity index (χ0n) is 17.7. The summed E-state index contributed by atoms with van der Waals surface area (Å²) in [6, 6.07) is 5.96. The van der Waals surface area contributed by atoms with Gasteiger partial charge in [0.25, 0.3) is 5.91 Å². The maximum atomic E-state index is 13.4. The fraction of sp³-hybridized carbons (Fsp3) is 0.348. The number of nitrogens with two attached hydrogens (primary N) is 1. The van der Waals surface area contributed by atoms with Crippen LogP contribution in [0.4, 0.5) is 19.0 Å². The number of alkyl halides is 3. The van der Waals surface area contributed by atoms with Gasteiger partial charge < -0.3 is 20.1 Å². The number of nitrogens with zero attached hydrogens (tertiary/aromatic N) is 3. The highest BCUT2D eigenvalue weighted by atomic mass is 19.4. The molecule has 10 heteroatoms. The van der Waals surface area contributed by atoms with Crippen LogP contribution in [0.25, 0.3) is 10.9 Å². The average molecular weight is 458 g/mol. The maximum Gasteiger partial charge on any atom is 0.416 e. The average Bonchev–Trinajstić information content (AvgIpc) is 3.20. The summed E-state index contributed by atoms with van der Waals surface area (Å²) in [7, 11) is 0. The minimum atomic E-state index is -4.43. The number of hydrogen-bond acceptors (Lipinski definition) is 6. The molecule has 4 heterocycles. The monoisotopic (exact) mass is 458 g/mol. The third-order valence-electron chi connectivity index (χ3n) is 6.17. The number of nitrogen functional groups attached to an aromatic ring is 1. The normalized spacial score (nSPS) is 20.8. The number of morpholine rings is 1. The molecule has 172 valence electrons. The van der Waals surface area contributed by atoms with Crippen LogP contribution in [0.2, 0.25) is 0 Å². The number of rotatable bonds is 2. The molecule has 5 rings (SSSR count). The van der Waals surface area contributed by atoms with Crippen LogP contribution in [-0.2, 0) is 22.3 Å². The summed E-state index contributed by atoms with van der Waals surface area (Å²) in [5, 5.41) is 0.751. The van der Waals surface area contributed by atoms with E-state index in [1.54, 1.807) is 11.0 Å². The number of anilines is 1. The van der Waals surface area contributed by atoms with E-state index in [0.717, 1.165) is 28.6 Å². The first kappa shape index (κ1) is 21.6. The lowest BCUT2D eigenvalue weighted by Crippen LogP contribution is -2.43. The Morgan fingerprint density at radius 3 is 2.73 bits per heavy atom. The molecular formula is C23H21F3N4O3. The third-order valence-corrected chi connectivity index (χ3v) is 6.17. The Labute approximate surface area is 187 Å². The number of pyridine rings is 2. The Hall–Kier alpha value is -3.24. The van der Waals surface area contributed by atoms with Crippen molar-refractivity contribution in [2.75, 3.05) is 25.5 Å². The van der Waals surface area contributed by atoms with Crippen LogP contribution in [0.3, 0.4) is 0 Å². The minimum absolute atomic E-state index is 0.184. The van der Waals surface area contributed by atoms with Crippen molar-refractivity contribution in [2.24, 2.45) is 0 Å². The molecule has 1 amide bonds. The molecule has 2 aliphatic heterocycles. The number of carbonyl (C=O) groups is 1. The van der Waals surface area contributed by atoms with Gasteiger partial charge in [-0.1, -0.05) is 12.1 Å². The maximum absolute atomic E-state index is 13.4. The van der Waals surface area contributed by atoms with Gasteiger partial charge in [0.2, 0.25) is 0 Å². The lowest BCUT2D eigenvalue weighted by atomic mass is 10.0. The molecular weight excluding hydrogens is 437 g/mol. The Kier molecular flexibility index (Phi) is 5.21. The molecule has 3 aromatic rings. The fourth-order valence-electron chi connectivity index (χ4n) is 4.45. The van der Waals surface area contributed by atoms with Crippen molar-refractivity contribution >= 4 is 22.6 Å². The van der Waals surface area contributed by atoms with E-state index in [4.69, 9.17) is 15.2 Å². The van der Waals surface area contributed by atoms with E-state index in [1.165, 1.54) is 18.3 Å². The van der Waals surface area contributed by atoms with Gasteiger partial charge in [0.15, 0.2) is 0 Å². The molecule has 7 nitrogen and oxygen atoms in total. The summed E-state index contributed by atoms with van der Waals surface area (Å²) >= 11 is 0. The zero-order valence-corrected chi connectivity index (χ0v) is 17.7. The summed E-state index contributed by atoms with van der Waals surface area (Å²) in [6.07, 6.45) is -3.10. The van der Waals surface area contributed by atoms with Crippen molar-refractivity contribution in [3.05, 3.63) is 64.5 Å². The molecule has 1 fully saturated rings. The molecule has 0 saturated carbocycles. The van der Waals surface area contributed by atoms with Gasteiger partial charge in [-0.25, -0.2) is 9.97 Å². The van der Waals surface area contributed by atoms with Gasteiger partial charge in [-0.3, -0.25) is 4.79 Å². The number of benzene rings is 1. The van der Waals surface area contributed by atoms with Crippen LogP contribution in [0.5, 0.6) is 0 Å². The molecule has 2 aliphatic rings. The van der Waals surface area contributed by atoms with Gasteiger partial charge >= 0.3 is 6.18 Å². The fourth-order valence-corrected chi connectivity index (χ4v) is 4.45. The minimum Gasteiger partial charge on any atom is -0.383 e. The van der Waals surface area contributed by atoms with E-state index in [0.29, 0.717) is 36.7 Å². The highest BCUT2D eigenvalue weighted by Crippen LogP contribution is 2.38. The van der Waals surface area contributed by atoms with Crippen LogP contribution in [0.1, 0.15) is 51.8 Å². The molecule has 33 heavy (non-hydrogen) atoms. The highest BCUT2D eigenvalue weighted by molar-refractivity contribution is 5.97. The van der Waals surface area contributed by atoms with Crippen molar-refractivity contribution in [3.63, 3.8) is 0 Å². The van der Waals surface area contributed by atoms with Crippen LogP contribution < -0.4 is 5.73 Å². The first-order chi connectivity index (χ1) is 15.7. The van der Waals surface area contributed by atoms with Crippen LogP contribution >= 0.6 is 0 Å². The first-order valence-electron chi connectivity index (χ1n) is 10.5. The number of hydrogen-bond donors (Lipinski definition) is 1. The number of halogens is 3. The second-order valence-electron chi connectivity index (χ2n) is 8.14. The van der Waals surface area contributed by atoms with Gasteiger partial charge in [-0.2, -0.15) is 13.2 Å². The topological polar surface area (TPSA) is 90.6 Å². The van der Waals surface area contributed by atoms with E-state index in [-0.39, 0.29) is 24.3 Å². The third kappa shape index (κ3) is 3.79. The largest absolute Gasteiger partial charge is 0.416 e. The summed E-state index contributed by atoms with van der Waals surface area (Å²) in [6.45, 7) is 3.07. The predicted molar refractivity (Wildman–Crippen MR) is 113 cm³/mol. The Balaban J connectivity index is 1.49. The van der Waals surface area contributed by atoms with E-state index >= 15 is 0 Å². The summed E-state index contributed by atoms with van der Waals surface area (Å²) in [5.41, 5.74) is 8.41. The number of ether oxygens (including phenoxy) is 2. The van der Waals surface area contributed by atoms with Crippen LogP contribution in [-0.4, -0.2) is 40.5 Å². The van der Waals surface area contributed by atoms with Gasteiger partial charge in [-0.15, -0.1) is 0 Å². The summed E-state index contributed by atoms with van der Waals surface area (Å²) in [4.78, 5) is 23.7. The Morgan fingerprint density at radius 2 is 2.00 bits per heavy atom. The molecule has 0 radical (unpaired) electrons. The first-order valence-corrected chi connectivity index (χ1v) is 10.5. The number of carbonyl (C=O) groups excluding carboxylic acids is 1. The van der Waals surface area contributed by atoms with Gasteiger partial charge in [-0.05, 0) is 36.2 Å². The van der Waals surface area contributed by atoms with Crippen molar-refractivity contribution in [1.82, 2.24) is 14.9 Å². The summed E-state index contributed by atoms with van der Waals surface area (Å²) in [5.74, 6) is 0.0570. The van der Waals surface area contributed by atoms with E-state index in [1.807, 2.05) is 6.92 Å². The second kappa shape index (κ2) is 7.96. The Morgan fingerprint density at radius 1 is 1.24 bits per heavy atom. The van der Waals surface area contributed by atoms with E-state index in [2.05, 4.69) is 9.97 Å². The quantitative estimate of drug-likeness (QED) is 0.624. The lowest BCUT2D eigenvalue weighted by Gasteiger charge is -2.35. The molecule has 0 bridgehead atoms. The smallest absolute Gasteiger partial charge is 0.383 e. The molecule has 2 N–H and O–H groups in total. The second-order valence-corrected chi connectivity index (χ2v) is 8.14. The van der Waals surface area contributed by atoms with Crippen LogP contribution in [0.15, 0.2) is 36.5 Å². The van der Waals surface area contributed by atoms with Crippen molar-refractivity contribution in [3.8, 4) is 0 Å².